The highest BCUT2D eigenvalue weighted by Crippen LogP contribution is 2.15. The van der Waals surface area contributed by atoms with Crippen LogP contribution in [0.25, 0.3) is 0 Å². The summed E-state index contributed by atoms with van der Waals surface area (Å²) < 4.78 is 5.99. The lowest BCUT2D eigenvalue weighted by atomic mass is 10.0. The van der Waals surface area contributed by atoms with Crippen molar-refractivity contribution < 1.29 is 4.74 Å². The first-order chi connectivity index (χ1) is 10.2. The zero-order chi connectivity index (χ0) is 15.5. The van der Waals surface area contributed by atoms with E-state index in [0.717, 1.165) is 19.8 Å². The SMILES string of the molecule is CCCCC(CC)COCc1ccccc1CNC(C)C. The van der Waals surface area contributed by atoms with Crippen LogP contribution in [0.1, 0.15) is 64.5 Å². The smallest absolute Gasteiger partial charge is 0.0720 e. The van der Waals surface area contributed by atoms with E-state index in [1.165, 1.54) is 36.8 Å². The van der Waals surface area contributed by atoms with Crippen molar-refractivity contribution in [3.8, 4) is 0 Å². The summed E-state index contributed by atoms with van der Waals surface area (Å²) in [5.74, 6) is 0.714. The molecule has 1 rings (SSSR count). The van der Waals surface area contributed by atoms with Crippen LogP contribution in [0.2, 0.25) is 0 Å². The maximum atomic E-state index is 5.99. The molecule has 1 aromatic rings. The van der Waals surface area contributed by atoms with Crippen LogP contribution in [0.3, 0.4) is 0 Å². The van der Waals surface area contributed by atoms with Gasteiger partial charge in [-0.05, 0) is 23.5 Å². The highest BCUT2D eigenvalue weighted by Gasteiger charge is 2.07. The minimum absolute atomic E-state index is 0.512. The molecule has 21 heavy (non-hydrogen) atoms. The van der Waals surface area contributed by atoms with E-state index in [1.807, 2.05) is 0 Å². The van der Waals surface area contributed by atoms with Gasteiger partial charge in [0.1, 0.15) is 0 Å². The first kappa shape index (κ1) is 18.2. The lowest BCUT2D eigenvalue weighted by Gasteiger charge is -2.16. The Hall–Kier alpha value is -0.860. The van der Waals surface area contributed by atoms with E-state index in [-0.39, 0.29) is 0 Å². The van der Waals surface area contributed by atoms with Gasteiger partial charge in [-0.2, -0.15) is 0 Å². The molecule has 2 nitrogen and oxygen atoms in total. The third-order valence-corrected chi connectivity index (χ3v) is 3.97. The summed E-state index contributed by atoms with van der Waals surface area (Å²) in [4.78, 5) is 0. The molecule has 0 aliphatic heterocycles. The fourth-order valence-electron chi connectivity index (χ4n) is 2.42. The third kappa shape index (κ3) is 7.63. The van der Waals surface area contributed by atoms with Crippen molar-refractivity contribution in [3.05, 3.63) is 35.4 Å². The zero-order valence-electron chi connectivity index (χ0n) is 14.3. The molecule has 0 heterocycles. The lowest BCUT2D eigenvalue weighted by molar-refractivity contribution is 0.0815. The molecular weight excluding hydrogens is 258 g/mol. The number of hydrogen-bond acceptors (Lipinski definition) is 2. The molecule has 1 atom stereocenters. The van der Waals surface area contributed by atoms with E-state index in [9.17, 15) is 0 Å². The van der Waals surface area contributed by atoms with Crippen molar-refractivity contribution in [1.82, 2.24) is 5.32 Å². The number of rotatable bonds is 11. The molecule has 0 saturated carbocycles. The Balaban J connectivity index is 2.43. The Morgan fingerprint density at radius 2 is 1.81 bits per heavy atom. The molecule has 1 N–H and O–H groups in total. The molecule has 0 aliphatic rings. The summed E-state index contributed by atoms with van der Waals surface area (Å²) in [7, 11) is 0. The summed E-state index contributed by atoms with van der Waals surface area (Å²) in [5.41, 5.74) is 2.67. The van der Waals surface area contributed by atoms with Crippen LogP contribution in [0.15, 0.2) is 24.3 Å². The van der Waals surface area contributed by atoms with Gasteiger partial charge < -0.3 is 10.1 Å². The highest BCUT2D eigenvalue weighted by atomic mass is 16.5. The van der Waals surface area contributed by atoms with Crippen LogP contribution in [0.5, 0.6) is 0 Å². The van der Waals surface area contributed by atoms with Crippen molar-refractivity contribution in [2.45, 2.75) is 72.6 Å². The molecule has 0 fully saturated rings. The van der Waals surface area contributed by atoms with Crippen molar-refractivity contribution in [2.75, 3.05) is 6.61 Å². The van der Waals surface area contributed by atoms with Gasteiger partial charge in [-0.25, -0.2) is 0 Å². The second kappa shape index (κ2) is 10.8. The van der Waals surface area contributed by atoms with Crippen molar-refractivity contribution in [3.63, 3.8) is 0 Å². The molecule has 0 radical (unpaired) electrons. The molecule has 0 spiro atoms. The second-order valence-electron chi connectivity index (χ2n) is 6.24. The molecule has 2 heteroatoms. The Kier molecular flexibility index (Phi) is 9.36. The fraction of sp³-hybridized carbons (Fsp3) is 0.684. The minimum atomic E-state index is 0.512. The van der Waals surface area contributed by atoms with Crippen molar-refractivity contribution >= 4 is 0 Å². The molecule has 0 amide bonds. The fourth-order valence-corrected chi connectivity index (χ4v) is 2.42. The maximum absolute atomic E-state index is 5.99. The van der Waals surface area contributed by atoms with Crippen LogP contribution >= 0.6 is 0 Å². The first-order valence-electron chi connectivity index (χ1n) is 8.55. The highest BCUT2D eigenvalue weighted by molar-refractivity contribution is 5.26. The number of unbranched alkanes of at least 4 members (excludes halogenated alkanes) is 1. The second-order valence-corrected chi connectivity index (χ2v) is 6.24. The average Bonchev–Trinajstić information content (AvgIpc) is 2.49. The molecule has 0 aliphatic carbocycles. The molecule has 1 aromatic carbocycles. The Labute approximate surface area is 131 Å². The molecule has 120 valence electrons. The van der Waals surface area contributed by atoms with E-state index in [4.69, 9.17) is 4.74 Å². The van der Waals surface area contributed by atoms with Crippen LogP contribution < -0.4 is 5.32 Å². The normalized spacial score (nSPS) is 12.8. The number of hydrogen-bond donors (Lipinski definition) is 1. The van der Waals surface area contributed by atoms with E-state index >= 15 is 0 Å². The predicted octanol–water partition coefficient (Wildman–Crippen LogP) is 4.92. The average molecular weight is 291 g/mol. The van der Waals surface area contributed by atoms with Crippen LogP contribution in [0, 0.1) is 5.92 Å². The van der Waals surface area contributed by atoms with Gasteiger partial charge in [0.05, 0.1) is 6.61 Å². The van der Waals surface area contributed by atoms with E-state index in [2.05, 4.69) is 57.3 Å². The summed E-state index contributed by atoms with van der Waals surface area (Å²) in [6, 6.07) is 9.10. The van der Waals surface area contributed by atoms with Gasteiger partial charge in [0.2, 0.25) is 0 Å². The topological polar surface area (TPSA) is 21.3 Å². The summed E-state index contributed by atoms with van der Waals surface area (Å²) in [5, 5.41) is 3.48. The Morgan fingerprint density at radius 1 is 1.10 bits per heavy atom. The molecule has 0 saturated heterocycles. The largest absolute Gasteiger partial charge is 0.376 e. The Bertz CT molecular complexity index is 376. The number of nitrogens with one attached hydrogen (secondary N) is 1. The van der Waals surface area contributed by atoms with Crippen molar-refractivity contribution in [2.24, 2.45) is 5.92 Å². The van der Waals surface area contributed by atoms with Gasteiger partial charge in [-0.1, -0.05) is 71.2 Å². The summed E-state index contributed by atoms with van der Waals surface area (Å²) in [6.07, 6.45) is 5.11. The predicted molar refractivity (Wildman–Crippen MR) is 91.4 cm³/mol. The summed E-state index contributed by atoms with van der Waals surface area (Å²) in [6.45, 7) is 11.4. The molecular formula is C19H33NO. The minimum Gasteiger partial charge on any atom is -0.376 e. The van der Waals surface area contributed by atoms with Crippen LogP contribution in [-0.4, -0.2) is 12.6 Å². The van der Waals surface area contributed by atoms with Gasteiger partial charge in [-0.15, -0.1) is 0 Å². The van der Waals surface area contributed by atoms with Gasteiger partial charge in [-0.3, -0.25) is 0 Å². The first-order valence-corrected chi connectivity index (χ1v) is 8.55. The summed E-state index contributed by atoms with van der Waals surface area (Å²) >= 11 is 0. The molecule has 0 aromatic heterocycles. The number of ether oxygens (including phenoxy) is 1. The molecule has 0 bridgehead atoms. The van der Waals surface area contributed by atoms with Crippen molar-refractivity contribution in [1.29, 1.82) is 0 Å². The maximum Gasteiger partial charge on any atom is 0.0720 e. The van der Waals surface area contributed by atoms with Crippen LogP contribution in [0.4, 0.5) is 0 Å². The lowest BCUT2D eigenvalue weighted by Crippen LogP contribution is -2.22. The van der Waals surface area contributed by atoms with Crippen LogP contribution in [-0.2, 0) is 17.9 Å². The van der Waals surface area contributed by atoms with Gasteiger partial charge in [0.25, 0.3) is 0 Å². The van der Waals surface area contributed by atoms with E-state index in [1.54, 1.807) is 0 Å². The van der Waals surface area contributed by atoms with E-state index < -0.39 is 0 Å². The van der Waals surface area contributed by atoms with Gasteiger partial charge >= 0.3 is 0 Å². The third-order valence-electron chi connectivity index (χ3n) is 3.97. The quantitative estimate of drug-likeness (QED) is 0.625. The molecule has 1 unspecified atom stereocenters. The zero-order valence-corrected chi connectivity index (χ0v) is 14.3. The monoisotopic (exact) mass is 291 g/mol. The number of benzene rings is 1. The Morgan fingerprint density at radius 3 is 2.43 bits per heavy atom. The van der Waals surface area contributed by atoms with E-state index in [0.29, 0.717) is 12.0 Å². The van der Waals surface area contributed by atoms with Gasteiger partial charge in [0, 0.05) is 19.2 Å². The van der Waals surface area contributed by atoms with Gasteiger partial charge in [0.15, 0.2) is 0 Å². The standard InChI is InChI=1S/C19H33NO/c1-5-7-10-17(6-2)14-21-15-19-12-9-8-11-18(19)13-20-16(3)4/h8-9,11-12,16-17,20H,5-7,10,13-15H2,1-4H3.